The van der Waals surface area contributed by atoms with Crippen molar-refractivity contribution in [3.8, 4) is 0 Å². The van der Waals surface area contributed by atoms with Crippen molar-refractivity contribution in [3.05, 3.63) is 34.4 Å². The fourth-order valence-corrected chi connectivity index (χ4v) is 4.13. The Morgan fingerprint density at radius 2 is 2.10 bits per heavy atom. The standard InChI is InChI=1S/C16H16BrN3O/c1-20-13-9-19-12-3-2-10(17)8-11(12)14(13)16(15(20)21)4-6-18-7-5-16/h2-3,8-9,18H,4-7H2,1H3. The molecule has 2 aromatic rings. The van der Waals surface area contributed by atoms with Gasteiger partial charge in [0, 0.05) is 22.5 Å². The van der Waals surface area contributed by atoms with Crippen LogP contribution in [0.25, 0.3) is 10.9 Å². The summed E-state index contributed by atoms with van der Waals surface area (Å²) in [6, 6.07) is 6.10. The van der Waals surface area contributed by atoms with Gasteiger partial charge in [0.1, 0.15) is 0 Å². The second kappa shape index (κ2) is 4.52. The predicted octanol–water partition coefficient (Wildman–Crippen LogP) is 2.59. The molecule has 0 saturated carbocycles. The number of pyridine rings is 1. The van der Waals surface area contributed by atoms with E-state index in [4.69, 9.17) is 0 Å². The molecule has 5 heteroatoms. The minimum Gasteiger partial charge on any atom is -0.317 e. The summed E-state index contributed by atoms with van der Waals surface area (Å²) in [6.45, 7) is 1.77. The zero-order valence-corrected chi connectivity index (χ0v) is 13.4. The molecule has 1 aromatic carbocycles. The Balaban J connectivity index is 2.07. The highest BCUT2D eigenvalue weighted by Gasteiger charge is 2.51. The van der Waals surface area contributed by atoms with Gasteiger partial charge in [0.25, 0.3) is 0 Å². The number of likely N-dealkylation sites (N-methyl/N-ethyl adjacent to an activating group) is 1. The van der Waals surface area contributed by atoms with Crippen LogP contribution in [0.5, 0.6) is 0 Å². The van der Waals surface area contributed by atoms with Crippen LogP contribution in [0.15, 0.2) is 28.9 Å². The topological polar surface area (TPSA) is 45.2 Å². The average Bonchev–Trinajstić information content (AvgIpc) is 2.71. The maximum Gasteiger partial charge on any atom is 0.237 e. The smallest absolute Gasteiger partial charge is 0.237 e. The number of amides is 1. The third-order valence-electron chi connectivity index (χ3n) is 4.82. The number of hydrogen-bond donors (Lipinski definition) is 1. The molecule has 1 aromatic heterocycles. The van der Waals surface area contributed by atoms with Gasteiger partial charge < -0.3 is 10.2 Å². The summed E-state index contributed by atoms with van der Waals surface area (Å²) in [4.78, 5) is 19.2. The van der Waals surface area contributed by atoms with Crippen molar-refractivity contribution in [1.29, 1.82) is 0 Å². The largest absolute Gasteiger partial charge is 0.317 e. The normalized spacial score (nSPS) is 20.3. The Morgan fingerprint density at radius 1 is 1.33 bits per heavy atom. The highest BCUT2D eigenvalue weighted by Crippen LogP contribution is 2.49. The number of anilines is 1. The molecule has 1 spiro atoms. The summed E-state index contributed by atoms with van der Waals surface area (Å²) in [5.41, 5.74) is 2.71. The van der Waals surface area contributed by atoms with Gasteiger partial charge >= 0.3 is 0 Å². The highest BCUT2D eigenvalue weighted by molar-refractivity contribution is 9.10. The quantitative estimate of drug-likeness (QED) is 0.798. The summed E-state index contributed by atoms with van der Waals surface area (Å²) < 4.78 is 1.02. The number of hydrogen-bond acceptors (Lipinski definition) is 3. The van der Waals surface area contributed by atoms with Crippen molar-refractivity contribution in [2.24, 2.45) is 0 Å². The van der Waals surface area contributed by atoms with E-state index in [1.54, 1.807) is 4.90 Å². The van der Waals surface area contributed by atoms with Crippen molar-refractivity contribution in [3.63, 3.8) is 0 Å². The number of carbonyl (C=O) groups excluding carboxylic acids is 1. The minimum atomic E-state index is -0.378. The number of nitrogens with one attached hydrogen (secondary N) is 1. The van der Waals surface area contributed by atoms with Crippen molar-refractivity contribution in [2.45, 2.75) is 18.3 Å². The van der Waals surface area contributed by atoms with Crippen LogP contribution >= 0.6 is 15.9 Å². The van der Waals surface area contributed by atoms with Gasteiger partial charge in [-0.05, 0) is 44.1 Å². The maximum absolute atomic E-state index is 12.9. The van der Waals surface area contributed by atoms with Crippen molar-refractivity contribution in [1.82, 2.24) is 10.3 Å². The lowest BCUT2D eigenvalue weighted by atomic mass is 9.73. The van der Waals surface area contributed by atoms with Gasteiger partial charge in [-0.1, -0.05) is 15.9 Å². The third-order valence-corrected chi connectivity index (χ3v) is 5.31. The van der Waals surface area contributed by atoms with Gasteiger partial charge in [0.15, 0.2) is 0 Å². The van der Waals surface area contributed by atoms with Crippen molar-refractivity contribution in [2.75, 3.05) is 25.0 Å². The SMILES string of the molecule is CN1C(=O)C2(CCNCC2)c2c1cnc1ccc(Br)cc21. The van der Waals surface area contributed by atoms with Crippen LogP contribution in [-0.4, -0.2) is 31.0 Å². The van der Waals surface area contributed by atoms with E-state index in [1.807, 2.05) is 25.4 Å². The molecule has 1 amide bonds. The van der Waals surface area contributed by atoms with Crippen molar-refractivity contribution >= 4 is 38.4 Å². The molecule has 1 fully saturated rings. The molecule has 3 heterocycles. The first-order chi connectivity index (χ1) is 10.1. The Hall–Kier alpha value is -1.46. The summed E-state index contributed by atoms with van der Waals surface area (Å²) in [7, 11) is 1.86. The monoisotopic (exact) mass is 345 g/mol. The summed E-state index contributed by atoms with van der Waals surface area (Å²) in [5.74, 6) is 0.216. The van der Waals surface area contributed by atoms with Crippen molar-refractivity contribution < 1.29 is 4.79 Å². The van der Waals surface area contributed by atoms with E-state index in [0.717, 1.165) is 47.0 Å². The second-order valence-corrected chi connectivity index (χ2v) is 6.79. The van der Waals surface area contributed by atoms with Gasteiger partial charge in [-0.3, -0.25) is 9.78 Å². The summed E-state index contributed by atoms with van der Waals surface area (Å²) >= 11 is 3.54. The first-order valence-electron chi connectivity index (χ1n) is 7.21. The minimum absolute atomic E-state index is 0.216. The second-order valence-electron chi connectivity index (χ2n) is 5.88. The number of benzene rings is 1. The van der Waals surface area contributed by atoms with Crippen LogP contribution < -0.4 is 10.2 Å². The number of rotatable bonds is 0. The number of piperidine rings is 1. The summed E-state index contributed by atoms with van der Waals surface area (Å²) in [5, 5.41) is 4.46. The number of fused-ring (bicyclic) bond motifs is 4. The lowest BCUT2D eigenvalue weighted by Crippen LogP contribution is -2.46. The molecule has 21 heavy (non-hydrogen) atoms. The van der Waals surface area contributed by atoms with Gasteiger partial charge in [0.05, 0.1) is 22.8 Å². The first kappa shape index (κ1) is 13.2. The van der Waals surface area contributed by atoms with E-state index in [1.165, 1.54) is 5.56 Å². The Kier molecular flexibility index (Phi) is 2.84. The number of aromatic nitrogens is 1. The van der Waals surface area contributed by atoms with Gasteiger partial charge in [-0.15, -0.1) is 0 Å². The van der Waals surface area contributed by atoms with E-state index in [-0.39, 0.29) is 11.3 Å². The molecule has 4 rings (SSSR count). The molecule has 1 saturated heterocycles. The van der Waals surface area contributed by atoms with Crippen LogP contribution in [-0.2, 0) is 10.2 Å². The fourth-order valence-electron chi connectivity index (χ4n) is 3.77. The molecule has 108 valence electrons. The molecule has 0 aliphatic carbocycles. The highest BCUT2D eigenvalue weighted by atomic mass is 79.9. The number of halogens is 1. The molecule has 0 bridgehead atoms. The molecule has 2 aliphatic rings. The van der Waals surface area contributed by atoms with E-state index >= 15 is 0 Å². The molecule has 0 radical (unpaired) electrons. The fraction of sp³-hybridized carbons (Fsp3) is 0.375. The number of nitrogens with zero attached hydrogens (tertiary/aromatic N) is 2. The molecular formula is C16H16BrN3O. The Labute approximate surface area is 131 Å². The zero-order valence-electron chi connectivity index (χ0n) is 11.8. The average molecular weight is 346 g/mol. The lowest BCUT2D eigenvalue weighted by molar-refractivity contribution is -0.123. The van der Waals surface area contributed by atoms with Crippen LogP contribution in [0, 0.1) is 0 Å². The molecule has 0 atom stereocenters. The molecular weight excluding hydrogens is 330 g/mol. The first-order valence-corrected chi connectivity index (χ1v) is 8.00. The van der Waals surface area contributed by atoms with Crippen LogP contribution in [0.3, 0.4) is 0 Å². The zero-order chi connectivity index (χ0) is 14.6. The number of carbonyl (C=O) groups is 1. The molecule has 1 N–H and O–H groups in total. The van der Waals surface area contributed by atoms with Gasteiger partial charge in [-0.2, -0.15) is 0 Å². The predicted molar refractivity (Wildman–Crippen MR) is 86.6 cm³/mol. The maximum atomic E-state index is 12.9. The lowest BCUT2D eigenvalue weighted by Gasteiger charge is -2.33. The Morgan fingerprint density at radius 3 is 2.86 bits per heavy atom. The van der Waals surface area contributed by atoms with E-state index in [0.29, 0.717) is 0 Å². The van der Waals surface area contributed by atoms with Gasteiger partial charge in [0.2, 0.25) is 5.91 Å². The Bertz CT molecular complexity index is 753. The molecule has 0 unspecified atom stereocenters. The van der Waals surface area contributed by atoms with Crippen LogP contribution in [0.2, 0.25) is 0 Å². The molecule has 4 nitrogen and oxygen atoms in total. The van der Waals surface area contributed by atoms with E-state index < -0.39 is 0 Å². The third kappa shape index (κ3) is 1.71. The van der Waals surface area contributed by atoms with Crippen LogP contribution in [0.4, 0.5) is 5.69 Å². The summed E-state index contributed by atoms with van der Waals surface area (Å²) in [6.07, 6.45) is 3.56. The van der Waals surface area contributed by atoms with E-state index in [2.05, 4.69) is 32.3 Å². The van der Waals surface area contributed by atoms with Crippen LogP contribution in [0.1, 0.15) is 18.4 Å². The van der Waals surface area contributed by atoms with E-state index in [9.17, 15) is 4.79 Å². The molecule has 2 aliphatic heterocycles. The van der Waals surface area contributed by atoms with Gasteiger partial charge in [-0.25, -0.2) is 0 Å².